The number of nitrogens with zero attached hydrogens (tertiary/aromatic N) is 4. The Hall–Kier alpha value is -5.76. The van der Waals surface area contributed by atoms with Crippen molar-refractivity contribution in [3.63, 3.8) is 0 Å². The quantitative estimate of drug-likeness (QED) is 0.0433. The summed E-state index contributed by atoms with van der Waals surface area (Å²) in [5.41, 5.74) is 1.22. The van der Waals surface area contributed by atoms with Crippen LogP contribution in [0.1, 0.15) is 56.6 Å². The van der Waals surface area contributed by atoms with Crippen LogP contribution in [0.3, 0.4) is 0 Å². The number of hydrogen-bond donors (Lipinski definition) is 9. The van der Waals surface area contributed by atoms with Crippen LogP contribution in [0.5, 0.6) is 5.75 Å². The predicted molar refractivity (Wildman–Crippen MR) is 256 cm³/mol. The molecule has 2 aromatic rings. The molecule has 1 saturated heterocycles. The topological polar surface area (TPSA) is 324 Å². The molecule has 0 spiro atoms. The Morgan fingerprint density at radius 2 is 1.19 bits per heavy atom. The maximum atomic E-state index is 14.4. The maximum Gasteiger partial charge on any atom is 0.326 e. The second-order valence-electron chi connectivity index (χ2n) is 17.0. The smallest absolute Gasteiger partial charge is 0.326 e. The monoisotopic (exact) mass is 1080 g/mol. The van der Waals surface area contributed by atoms with Crippen LogP contribution in [-0.4, -0.2) is 200 Å². The van der Waals surface area contributed by atoms with Crippen molar-refractivity contribution in [2.45, 2.75) is 76.4 Å². The summed E-state index contributed by atoms with van der Waals surface area (Å²) in [5, 5.41) is 67.3. The lowest BCUT2D eigenvalue weighted by atomic mass is 9.89. The first-order valence-electron chi connectivity index (χ1n) is 22.6. The zero-order chi connectivity index (χ0) is 51.0. The molecular weight excluding hydrogens is 1020 g/mol. The highest BCUT2D eigenvalue weighted by Crippen LogP contribution is 2.23. The number of phenols is 1. The number of aromatic hydroxyl groups is 1. The highest BCUT2D eigenvalue weighted by Gasteiger charge is 2.33. The molecule has 1 fully saturated rings. The number of benzene rings is 2. The largest absolute Gasteiger partial charge is 0.507 e. The molecule has 0 radical (unpaired) electrons. The number of aliphatic carboxylic acids is 5. The minimum atomic E-state index is -1.33. The molecule has 3 amide bonds. The number of rotatable bonds is 27. The van der Waals surface area contributed by atoms with Crippen LogP contribution in [0.4, 0.5) is 0 Å². The summed E-state index contributed by atoms with van der Waals surface area (Å²) >= 11 is 1.90. The Balaban J connectivity index is 1.88. The van der Waals surface area contributed by atoms with Gasteiger partial charge >= 0.3 is 29.8 Å². The summed E-state index contributed by atoms with van der Waals surface area (Å²) < 4.78 is 0.456. The van der Waals surface area contributed by atoms with E-state index in [0.29, 0.717) is 34.1 Å². The van der Waals surface area contributed by atoms with Crippen LogP contribution in [0.25, 0.3) is 0 Å². The van der Waals surface area contributed by atoms with Gasteiger partial charge in [-0.2, -0.15) is 0 Å². The van der Waals surface area contributed by atoms with E-state index in [0.717, 1.165) is 0 Å². The van der Waals surface area contributed by atoms with Gasteiger partial charge in [0, 0.05) is 84.6 Å². The van der Waals surface area contributed by atoms with Gasteiger partial charge in [-0.3, -0.25) is 58.0 Å². The van der Waals surface area contributed by atoms with Crippen molar-refractivity contribution >= 4 is 75.9 Å². The number of amides is 3. The molecule has 2 aromatic carbocycles. The Morgan fingerprint density at radius 1 is 0.638 bits per heavy atom. The van der Waals surface area contributed by atoms with Gasteiger partial charge in [-0.05, 0) is 84.4 Å². The predicted octanol–water partition coefficient (Wildman–Crippen LogP) is 0.427. The molecule has 3 rings (SSSR count). The number of carboxylic acid groups (broad SMARTS) is 5. The number of nitrogens with one attached hydrogen (secondary N) is 3. The van der Waals surface area contributed by atoms with Gasteiger partial charge < -0.3 is 46.6 Å². The van der Waals surface area contributed by atoms with Gasteiger partial charge in [0.2, 0.25) is 17.7 Å². The first-order valence-corrected chi connectivity index (χ1v) is 23.7. The number of hydrogen-bond acceptors (Lipinski definition) is 14. The lowest BCUT2D eigenvalue weighted by Gasteiger charge is -2.35. The van der Waals surface area contributed by atoms with Crippen LogP contribution in [0.15, 0.2) is 48.5 Å². The minimum absolute atomic E-state index is 0.0169. The summed E-state index contributed by atoms with van der Waals surface area (Å²) in [6.07, 6.45) is -0.322. The van der Waals surface area contributed by atoms with Crippen LogP contribution < -0.4 is 16.0 Å². The average molecular weight is 1080 g/mol. The number of Topliss-reactive ketones (excluding diaryl/α,β-unsaturated/α-hetero) is 1. The molecule has 1 aliphatic rings. The second-order valence-corrected chi connectivity index (χ2v) is 18.1. The van der Waals surface area contributed by atoms with Crippen molar-refractivity contribution < 1.29 is 73.8 Å². The van der Waals surface area contributed by atoms with E-state index in [-0.39, 0.29) is 96.2 Å². The molecule has 69 heavy (non-hydrogen) atoms. The summed E-state index contributed by atoms with van der Waals surface area (Å²) in [7, 11) is 0. The second kappa shape index (κ2) is 30.0. The Morgan fingerprint density at radius 3 is 1.68 bits per heavy atom. The molecule has 0 aromatic heterocycles. The highest BCUT2D eigenvalue weighted by molar-refractivity contribution is 14.1. The number of unbranched alkanes of at least 4 members (excludes halogenated alkanes) is 1. The molecule has 23 heteroatoms. The number of carboxylic acids is 5. The maximum absolute atomic E-state index is 14.4. The molecular formula is C46H64IN7O15. The molecule has 380 valence electrons. The van der Waals surface area contributed by atoms with Crippen molar-refractivity contribution in [3.8, 4) is 5.75 Å². The van der Waals surface area contributed by atoms with Crippen molar-refractivity contribution in [1.29, 1.82) is 0 Å². The number of halogens is 1. The van der Waals surface area contributed by atoms with E-state index in [9.17, 15) is 73.8 Å². The molecule has 1 aliphatic heterocycles. The third-order valence-electron chi connectivity index (χ3n) is 11.5. The molecule has 4 atom stereocenters. The Bertz CT molecular complexity index is 2050. The van der Waals surface area contributed by atoms with Gasteiger partial charge in [-0.1, -0.05) is 36.4 Å². The van der Waals surface area contributed by atoms with Crippen LogP contribution in [0, 0.1) is 9.49 Å². The lowest BCUT2D eigenvalue weighted by molar-refractivity contribution is -0.145. The zero-order valence-corrected chi connectivity index (χ0v) is 40.8. The van der Waals surface area contributed by atoms with Gasteiger partial charge in [-0.25, -0.2) is 4.79 Å². The standard InChI is InChI=1S/C46H64IN7O15/c1-30(55)48-14-6-5-9-35(45(66)67)50-44(65)33(23-31-7-3-2-4-8-31)26-39(57)36(25-32-10-12-38(56)34(47)24-32)49-40(58)13-11-37(46(68)69)54-21-19-52(28-42(61)62)17-15-51(27-41(59)60)16-18-53(20-22-54)29-43(63)64/h2-4,7-8,10,12,24,33,35-37,56H,5-6,9,11,13-23,25-29H2,1H3,(H,48,55)(H,49,58)(H,50,65)(H,59,60)(H,61,62)(H,63,64)(H,66,67)(H,68,69)/t33-,35+,36+,37+/m0/s1. The summed E-state index contributed by atoms with van der Waals surface area (Å²) in [6.45, 7) is 0.987. The number of carbonyl (C=O) groups is 9. The van der Waals surface area contributed by atoms with Crippen molar-refractivity contribution in [2.24, 2.45) is 5.92 Å². The van der Waals surface area contributed by atoms with Crippen molar-refractivity contribution in [3.05, 3.63) is 63.2 Å². The van der Waals surface area contributed by atoms with E-state index in [1.54, 1.807) is 47.4 Å². The van der Waals surface area contributed by atoms with Gasteiger partial charge in [-0.15, -0.1) is 0 Å². The fraction of sp³-hybridized carbons (Fsp3) is 0.543. The van der Waals surface area contributed by atoms with E-state index in [2.05, 4.69) is 16.0 Å². The number of ketones is 1. The molecule has 1 heterocycles. The first kappa shape index (κ1) is 57.6. The fourth-order valence-corrected chi connectivity index (χ4v) is 8.47. The van der Waals surface area contributed by atoms with E-state index < -0.39 is 97.4 Å². The molecule has 22 nitrogen and oxygen atoms in total. The third kappa shape index (κ3) is 22.5. The zero-order valence-electron chi connectivity index (χ0n) is 38.6. The third-order valence-corrected chi connectivity index (χ3v) is 12.4. The van der Waals surface area contributed by atoms with E-state index in [4.69, 9.17) is 0 Å². The average Bonchev–Trinajstić information content (AvgIpc) is 3.26. The Kier molecular flexibility index (Phi) is 25.0. The molecule has 0 bridgehead atoms. The molecule has 0 unspecified atom stereocenters. The molecule has 9 N–H and O–H groups in total. The van der Waals surface area contributed by atoms with Crippen LogP contribution >= 0.6 is 22.6 Å². The fourth-order valence-electron chi connectivity index (χ4n) is 7.89. The van der Waals surface area contributed by atoms with E-state index in [1.807, 2.05) is 22.6 Å². The SMILES string of the molecule is CC(=O)NCCCC[C@@H](NC(=O)[C@H](CC(=O)[C@@H](Cc1ccc(O)c(I)c1)NC(=O)CC[C@H](C(=O)O)N1CCN(CC(=O)O)CCN(CC(=O)O)CCN(CC(=O)O)CC1)Cc1ccccc1)C(=O)O. The minimum Gasteiger partial charge on any atom is -0.507 e. The normalized spacial score (nSPS) is 16.3. The van der Waals surface area contributed by atoms with Gasteiger partial charge in [0.15, 0.2) is 5.78 Å². The number of phenolic OH excluding ortho intramolecular Hbond substituents is 1. The lowest BCUT2D eigenvalue weighted by Crippen LogP contribution is -2.52. The van der Waals surface area contributed by atoms with Gasteiger partial charge in [0.1, 0.15) is 17.8 Å². The molecule has 0 saturated carbocycles. The van der Waals surface area contributed by atoms with Gasteiger partial charge in [0.05, 0.1) is 29.2 Å². The summed E-state index contributed by atoms with van der Waals surface area (Å²) in [4.78, 5) is 120. The van der Waals surface area contributed by atoms with Crippen LogP contribution in [0.2, 0.25) is 0 Å². The Labute approximate surface area is 413 Å². The van der Waals surface area contributed by atoms with E-state index >= 15 is 0 Å². The van der Waals surface area contributed by atoms with Crippen molar-refractivity contribution in [2.75, 3.05) is 78.5 Å². The highest BCUT2D eigenvalue weighted by atomic mass is 127. The first-order chi connectivity index (χ1) is 32.7. The van der Waals surface area contributed by atoms with Gasteiger partial charge in [0.25, 0.3) is 0 Å². The summed E-state index contributed by atoms with van der Waals surface area (Å²) in [5.74, 6) is -9.39. The van der Waals surface area contributed by atoms with Crippen molar-refractivity contribution in [1.82, 2.24) is 35.6 Å². The molecule has 0 aliphatic carbocycles. The number of carbonyl (C=O) groups excluding carboxylic acids is 4. The van der Waals surface area contributed by atoms with E-state index in [1.165, 1.54) is 27.7 Å². The summed E-state index contributed by atoms with van der Waals surface area (Å²) in [6, 6.07) is 9.45. The van der Waals surface area contributed by atoms with Crippen LogP contribution in [-0.2, 0) is 56.0 Å².